The number of halogens is 3. The zero-order valence-corrected chi connectivity index (χ0v) is 16.1. The number of hydrogen-bond acceptors (Lipinski definition) is 6. The van der Waals surface area contributed by atoms with Crippen LogP contribution in [0.3, 0.4) is 0 Å². The molecule has 5 nitrogen and oxygen atoms in total. The molecule has 0 bridgehead atoms. The number of alkyl halides is 3. The van der Waals surface area contributed by atoms with Gasteiger partial charge in [0.2, 0.25) is 5.60 Å². The molecule has 1 atom stereocenters. The number of nitrogens with zero attached hydrogens (tertiary/aromatic N) is 2. The van der Waals surface area contributed by atoms with Gasteiger partial charge in [0.15, 0.2) is 0 Å². The second kappa shape index (κ2) is 8.08. The van der Waals surface area contributed by atoms with Crippen molar-refractivity contribution in [3.05, 3.63) is 41.0 Å². The minimum Gasteiger partial charge on any atom is -0.463 e. The maximum Gasteiger partial charge on any atom is 0.424 e. The summed E-state index contributed by atoms with van der Waals surface area (Å²) in [5.41, 5.74) is -2.70. The van der Waals surface area contributed by atoms with E-state index in [0.29, 0.717) is 23.3 Å². The van der Waals surface area contributed by atoms with Crippen molar-refractivity contribution in [1.82, 2.24) is 9.88 Å². The van der Waals surface area contributed by atoms with Crippen molar-refractivity contribution >= 4 is 27.5 Å². The van der Waals surface area contributed by atoms with E-state index >= 15 is 0 Å². The van der Waals surface area contributed by atoms with E-state index in [2.05, 4.69) is 4.98 Å². The van der Waals surface area contributed by atoms with E-state index in [1.807, 2.05) is 0 Å². The third-order valence-corrected chi connectivity index (χ3v) is 5.82. The van der Waals surface area contributed by atoms with Gasteiger partial charge in [-0.05, 0) is 31.9 Å². The van der Waals surface area contributed by atoms with Crippen LogP contribution in [0.25, 0.3) is 10.2 Å². The van der Waals surface area contributed by atoms with Gasteiger partial charge in [-0.15, -0.1) is 11.3 Å². The van der Waals surface area contributed by atoms with Crippen molar-refractivity contribution in [2.24, 2.45) is 0 Å². The standard InChI is InChI=1S/C19H21F3N2O3S/c1-2-27-16(25)11-13(24-9-5-6-10-24)12-18(26,19(20,21)22)17-23-14-7-3-4-8-15(14)28-17/h3-4,7-8,11,26H,2,5-6,9-10,12H2,1H3/b13-11-/t18-/m1/s1. The Kier molecular flexibility index (Phi) is 5.95. The summed E-state index contributed by atoms with van der Waals surface area (Å²) < 4.78 is 47.4. The first-order valence-corrected chi connectivity index (χ1v) is 9.83. The normalized spacial score (nSPS) is 17.8. The molecule has 2 heterocycles. The van der Waals surface area contributed by atoms with E-state index in [4.69, 9.17) is 4.74 Å². The SMILES string of the molecule is CCOC(=O)/C=C(/C[C@@](O)(c1nc2ccccc2s1)C(F)(F)F)N1CCCC1. The summed E-state index contributed by atoms with van der Waals surface area (Å²) in [6.45, 7) is 2.79. The highest BCUT2D eigenvalue weighted by molar-refractivity contribution is 7.18. The van der Waals surface area contributed by atoms with Crippen LogP contribution >= 0.6 is 11.3 Å². The molecule has 0 spiro atoms. The van der Waals surface area contributed by atoms with Crippen molar-refractivity contribution in [2.45, 2.75) is 38.0 Å². The van der Waals surface area contributed by atoms with Gasteiger partial charge in [0.1, 0.15) is 5.01 Å². The Labute approximate surface area is 164 Å². The van der Waals surface area contributed by atoms with Crippen LogP contribution < -0.4 is 0 Å². The molecule has 152 valence electrons. The molecular formula is C19H21F3N2O3S. The topological polar surface area (TPSA) is 62.7 Å². The minimum absolute atomic E-state index is 0.107. The van der Waals surface area contributed by atoms with Gasteiger partial charge >= 0.3 is 12.1 Å². The average Bonchev–Trinajstić information content (AvgIpc) is 3.30. The molecule has 0 radical (unpaired) electrons. The van der Waals surface area contributed by atoms with Crippen LogP contribution in [0.5, 0.6) is 0 Å². The average molecular weight is 414 g/mol. The Morgan fingerprint density at radius 2 is 2.00 bits per heavy atom. The van der Waals surface area contributed by atoms with Crippen molar-refractivity contribution in [3.63, 3.8) is 0 Å². The van der Waals surface area contributed by atoms with Crippen LogP contribution in [-0.4, -0.2) is 46.8 Å². The van der Waals surface area contributed by atoms with Crippen LogP contribution in [0, 0.1) is 0 Å². The Balaban J connectivity index is 2.02. The van der Waals surface area contributed by atoms with Crippen LogP contribution in [0.4, 0.5) is 13.2 Å². The molecule has 1 aliphatic rings. The third kappa shape index (κ3) is 4.15. The first-order chi connectivity index (χ1) is 13.2. The first-order valence-electron chi connectivity index (χ1n) is 9.02. The molecule has 1 fully saturated rings. The van der Waals surface area contributed by atoms with Gasteiger partial charge in [0.25, 0.3) is 0 Å². The summed E-state index contributed by atoms with van der Waals surface area (Å²) in [7, 11) is 0. The molecule has 2 aromatic rings. The van der Waals surface area contributed by atoms with Gasteiger partial charge in [-0.25, -0.2) is 9.78 Å². The molecule has 0 unspecified atom stereocenters. The highest BCUT2D eigenvalue weighted by Crippen LogP contribution is 2.46. The van der Waals surface area contributed by atoms with E-state index < -0.39 is 29.2 Å². The lowest BCUT2D eigenvalue weighted by molar-refractivity contribution is -0.267. The predicted molar refractivity (Wildman–Crippen MR) is 99.7 cm³/mol. The van der Waals surface area contributed by atoms with Crippen molar-refractivity contribution < 1.29 is 27.8 Å². The number of aromatic nitrogens is 1. The lowest BCUT2D eigenvalue weighted by Gasteiger charge is -2.32. The maximum atomic E-state index is 14.0. The molecule has 0 saturated carbocycles. The highest BCUT2D eigenvalue weighted by Gasteiger charge is 2.57. The molecule has 0 aliphatic carbocycles. The number of thiazole rings is 1. The van der Waals surface area contributed by atoms with E-state index in [-0.39, 0.29) is 12.3 Å². The second-order valence-electron chi connectivity index (χ2n) is 6.60. The first kappa shape index (κ1) is 20.6. The van der Waals surface area contributed by atoms with Crippen LogP contribution in [0.1, 0.15) is 31.2 Å². The fraction of sp³-hybridized carbons (Fsp3) is 0.474. The zero-order valence-electron chi connectivity index (χ0n) is 15.3. The number of para-hydroxylation sites is 1. The number of likely N-dealkylation sites (tertiary alicyclic amines) is 1. The van der Waals surface area contributed by atoms with Gasteiger partial charge in [0.05, 0.1) is 16.8 Å². The number of hydrogen-bond donors (Lipinski definition) is 1. The molecular weight excluding hydrogens is 393 g/mol. The van der Waals surface area contributed by atoms with E-state index in [1.165, 1.54) is 0 Å². The van der Waals surface area contributed by atoms with Crippen LogP contribution in [0.2, 0.25) is 0 Å². The summed E-state index contributed by atoms with van der Waals surface area (Å²) in [5.74, 6) is -0.724. The Morgan fingerprint density at radius 1 is 1.32 bits per heavy atom. The van der Waals surface area contributed by atoms with Gasteiger partial charge in [0, 0.05) is 31.3 Å². The van der Waals surface area contributed by atoms with Crippen LogP contribution in [0.15, 0.2) is 36.0 Å². The van der Waals surface area contributed by atoms with Crippen molar-refractivity contribution in [3.8, 4) is 0 Å². The number of fused-ring (bicyclic) bond motifs is 1. The van der Waals surface area contributed by atoms with Crippen molar-refractivity contribution in [1.29, 1.82) is 0 Å². The van der Waals surface area contributed by atoms with E-state index in [1.54, 1.807) is 36.1 Å². The number of benzene rings is 1. The van der Waals surface area contributed by atoms with Crippen molar-refractivity contribution in [2.75, 3.05) is 19.7 Å². The molecule has 1 aliphatic heterocycles. The Hall–Kier alpha value is -2.13. The molecule has 28 heavy (non-hydrogen) atoms. The number of rotatable bonds is 6. The zero-order chi connectivity index (χ0) is 20.4. The molecule has 1 aromatic carbocycles. The number of carbonyl (C=O) groups excluding carboxylic acids is 1. The molecule has 1 saturated heterocycles. The summed E-state index contributed by atoms with van der Waals surface area (Å²) >= 11 is 0.802. The van der Waals surface area contributed by atoms with Gasteiger partial charge in [-0.1, -0.05) is 12.1 Å². The predicted octanol–water partition coefficient (Wildman–Crippen LogP) is 3.98. The third-order valence-electron chi connectivity index (χ3n) is 4.64. The molecule has 9 heteroatoms. The Bertz CT molecular complexity index is 842. The van der Waals surface area contributed by atoms with Gasteiger partial charge in [-0.2, -0.15) is 13.2 Å². The summed E-state index contributed by atoms with van der Waals surface area (Å²) in [6.07, 6.45) is -3.08. The summed E-state index contributed by atoms with van der Waals surface area (Å²) in [5, 5.41) is 10.4. The number of carbonyl (C=O) groups is 1. The number of esters is 1. The molecule has 0 amide bonds. The minimum atomic E-state index is -4.96. The fourth-order valence-corrected chi connectivity index (χ4v) is 4.26. The lowest BCUT2D eigenvalue weighted by Crippen LogP contribution is -2.44. The number of ether oxygens (including phenoxy) is 1. The highest BCUT2D eigenvalue weighted by atomic mass is 32.1. The van der Waals surface area contributed by atoms with Gasteiger partial charge < -0.3 is 14.7 Å². The van der Waals surface area contributed by atoms with E-state index in [9.17, 15) is 23.1 Å². The Morgan fingerprint density at radius 3 is 2.61 bits per heavy atom. The van der Waals surface area contributed by atoms with E-state index in [0.717, 1.165) is 30.3 Å². The maximum absolute atomic E-state index is 14.0. The molecule has 1 aromatic heterocycles. The smallest absolute Gasteiger partial charge is 0.424 e. The molecule has 1 N–H and O–H groups in total. The quantitative estimate of drug-likeness (QED) is 0.572. The summed E-state index contributed by atoms with van der Waals surface area (Å²) in [6, 6.07) is 6.63. The van der Waals surface area contributed by atoms with Gasteiger partial charge in [-0.3, -0.25) is 0 Å². The summed E-state index contributed by atoms with van der Waals surface area (Å²) in [4.78, 5) is 17.7. The van der Waals surface area contributed by atoms with Crippen LogP contribution in [-0.2, 0) is 15.1 Å². The lowest BCUT2D eigenvalue weighted by atomic mass is 9.96. The molecule has 3 rings (SSSR count). The fourth-order valence-electron chi connectivity index (χ4n) is 3.19. The monoisotopic (exact) mass is 414 g/mol. The largest absolute Gasteiger partial charge is 0.463 e. The second-order valence-corrected chi connectivity index (χ2v) is 7.63. The number of aliphatic hydroxyl groups is 1.